The quantitative estimate of drug-likeness (QED) is 0.282. The van der Waals surface area contributed by atoms with Gasteiger partial charge in [0.15, 0.2) is 5.96 Å². The third-order valence-electron chi connectivity index (χ3n) is 4.62. The number of nitrogens with one attached hydrogen (secondary N) is 2. The van der Waals surface area contributed by atoms with Crippen molar-refractivity contribution in [2.45, 2.75) is 50.7 Å². The Morgan fingerprint density at radius 3 is 2.54 bits per heavy atom. The molecule has 2 aliphatic rings. The van der Waals surface area contributed by atoms with Crippen LogP contribution in [0.1, 0.15) is 46.0 Å². The minimum absolute atomic E-state index is 0. The molecule has 2 rings (SSSR count). The summed E-state index contributed by atoms with van der Waals surface area (Å²) in [6.07, 6.45) is 5.73. The van der Waals surface area contributed by atoms with Crippen LogP contribution in [-0.2, 0) is 4.79 Å². The molecule has 0 atom stereocenters. The zero-order valence-electron chi connectivity index (χ0n) is 15.3. The Morgan fingerprint density at radius 1 is 1.25 bits per heavy atom. The van der Waals surface area contributed by atoms with Gasteiger partial charge in [-0.1, -0.05) is 12.8 Å². The fourth-order valence-electron chi connectivity index (χ4n) is 3.45. The summed E-state index contributed by atoms with van der Waals surface area (Å²) in [5.41, 5.74) is 0. The number of hydrogen-bond donors (Lipinski definition) is 2. The first-order chi connectivity index (χ1) is 11.0. The number of carbonyl (C=O) groups is 1. The number of amides is 1. The molecule has 24 heavy (non-hydrogen) atoms. The number of halogens is 1. The highest BCUT2D eigenvalue weighted by Gasteiger charge is 2.28. The van der Waals surface area contributed by atoms with E-state index in [-0.39, 0.29) is 34.6 Å². The monoisotopic (exact) mass is 468 g/mol. The van der Waals surface area contributed by atoms with Crippen molar-refractivity contribution in [1.29, 1.82) is 0 Å². The van der Waals surface area contributed by atoms with E-state index in [1.54, 1.807) is 0 Å². The van der Waals surface area contributed by atoms with Crippen molar-refractivity contribution in [1.82, 2.24) is 15.5 Å². The molecule has 1 aliphatic heterocycles. The molecule has 1 aliphatic carbocycles. The Balaban J connectivity index is 0.00000288. The molecule has 7 heteroatoms. The lowest BCUT2D eigenvalue weighted by atomic mass is 10.0. The first kappa shape index (κ1) is 21.9. The average Bonchev–Trinajstić information content (AvgIpc) is 2.99. The summed E-state index contributed by atoms with van der Waals surface area (Å²) in [6, 6.07) is 0. The summed E-state index contributed by atoms with van der Waals surface area (Å²) in [6.45, 7) is 7.98. The molecule has 140 valence electrons. The molecular formula is C17H33IN4OS. The standard InChI is InChI=1S/C17H32N4OS.HI/c1-17(2)13-21(10-11-23-17)16(18-3)20-9-8-19-15(22)12-14-6-4-5-7-14;/h14H,4-13H2,1-3H3,(H,18,20)(H,19,22);1H. The van der Waals surface area contributed by atoms with E-state index >= 15 is 0 Å². The van der Waals surface area contributed by atoms with Crippen molar-refractivity contribution < 1.29 is 4.79 Å². The predicted octanol–water partition coefficient (Wildman–Crippen LogP) is 2.70. The average molecular weight is 468 g/mol. The van der Waals surface area contributed by atoms with Gasteiger partial charge >= 0.3 is 0 Å². The number of guanidine groups is 1. The normalized spacial score (nSPS) is 21.3. The fourth-order valence-corrected chi connectivity index (χ4v) is 4.57. The summed E-state index contributed by atoms with van der Waals surface area (Å²) < 4.78 is 0.269. The zero-order valence-corrected chi connectivity index (χ0v) is 18.4. The van der Waals surface area contributed by atoms with Gasteiger partial charge < -0.3 is 15.5 Å². The minimum Gasteiger partial charge on any atom is -0.354 e. The van der Waals surface area contributed by atoms with Gasteiger partial charge in [-0.05, 0) is 32.6 Å². The van der Waals surface area contributed by atoms with Gasteiger partial charge in [-0.15, -0.1) is 24.0 Å². The van der Waals surface area contributed by atoms with E-state index in [9.17, 15) is 4.79 Å². The lowest BCUT2D eigenvalue weighted by Gasteiger charge is -2.39. The molecule has 0 unspecified atom stereocenters. The molecule has 0 aromatic rings. The largest absolute Gasteiger partial charge is 0.354 e. The summed E-state index contributed by atoms with van der Waals surface area (Å²) >= 11 is 2.02. The zero-order chi connectivity index (χ0) is 16.7. The maximum Gasteiger partial charge on any atom is 0.220 e. The molecule has 0 radical (unpaired) electrons. The van der Waals surface area contributed by atoms with E-state index in [4.69, 9.17) is 0 Å². The maximum atomic E-state index is 11.9. The highest BCUT2D eigenvalue weighted by atomic mass is 127. The van der Waals surface area contributed by atoms with Crippen molar-refractivity contribution in [3.05, 3.63) is 0 Å². The lowest BCUT2D eigenvalue weighted by Crippen LogP contribution is -2.51. The van der Waals surface area contributed by atoms with Gasteiger partial charge in [0.1, 0.15) is 0 Å². The van der Waals surface area contributed by atoms with Gasteiger partial charge in [0.2, 0.25) is 5.91 Å². The highest BCUT2D eigenvalue weighted by molar-refractivity contribution is 14.0. The van der Waals surface area contributed by atoms with Crippen LogP contribution < -0.4 is 10.6 Å². The second kappa shape index (κ2) is 10.7. The second-order valence-corrected chi connectivity index (χ2v) is 9.01. The Labute approximate surface area is 168 Å². The van der Waals surface area contributed by atoms with Gasteiger partial charge in [-0.2, -0.15) is 11.8 Å². The predicted molar refractivity (Wildman–Crippen MR) is 114 cm³/mol. The topological polar surface area (TPSA) is 56.7 Å². The molecule has 1 heterocycles. The first-order valence-electron chi connectivity index (χ1n) is 8.86. The Bertz CT molecular complexity index is 425. The van der Waals surface area contributed by atoms with Crippen LogP contribution in [0.5, 0.6) is 0 Å². The van der Waals surface area contributed by atoms with Crippen LogP contribution in [0, 0.1) is 5.92 Å². The molecule has 0 aromatic carbocycles. The second-order valence-electron chi connectivity index (χ2n) is 7.21. The number of rotatable bonds is 5. The molecule has 1 saturated heterocycles. The fraction of sp³-hybridized carbons (Fsp3) is 0.882. The molecule has 2 N–H and O–H groups in total. The van der Waals surface area contributed by atoms with E-state index in [1.165, 1.54) is 25.7 Å². The maximum absolute atomic E-state index is 11.9. The minimum atomic E-state index is 0. The molecule has 0 bridgehead atoms. The van der Waals surface area contributed by atoms with Crippen LogP contribution in [0.2, 0.25) is 0 Å². The first-order valence-corrected chi connectivity index (χ1v) is 9.85. The molecule has 0 aromatic heterocycles. The van der Waals surface area contributed by atoms with Crippen LogP contribution in [0.4, 0.5) is 0 Å². The van der Waals surface area contributed by atoms with Crippen molar-refractivity contribution in [3.63, 3.8) is 0 Å². The van der Waals surface area contributed by atoms with Crippen LogP contribution >= 0.6 is 35.7 Å². The van der Waals surface area contributed by atoms with Crippen molar-refractivity contribution in [2.75, 3.05) is 39.0 Å². The Hall–Kier alpha value is -0.180. The Morgan fingerprint density at radius 2 is 1.92 bits per heavy atom. The lowest BCUT2D eigenvalue weighted by molar-refractivity contribution is -0.121. The SMILES string of the molecule is CN=C(NCCNC(=O)CC1CCCC1)N1CCSC(C)(C)C1.I. The van der Waals surface area contributed by atoms with E-state index in [0.29, 0.717) is 18.9 Å². The van der Waals surface area contributed by atoms with Gasteiger partial charge in [0.25, 0.3) is 0 Å². The van der Waals surface area contributed by atoms with Crippen LogP contribution in [-0.4, -0.2) is 60.5 Å². The van der Waals surface area contributed by atoms with Crippen molar-refractivity contribution >= 4 is 47.6 Å². The van der Waals surface area contributed by atoms with Gasteiger partial charge in [-0.3, -0.25) is 9.79 Å². The molecule has 5 nitrogen and oxygen atoms in total. The number of nitrogens with zero attached hydrogens (tertiary/aromatic N) is 2. The third-order valence-corrected chi connectivity index (χ3v) is 5.91. The molecule has 0 spiro atoms. The van der Waals surface area contributed by atoms with Crippen LogP contribution in [0.15, 0.2) is 4.99 Å². The number of carbonyl (C=O) groups excluding carboxylic acids is 1. The third kappa shape index (κ3) is 7.37. The van der Waals surface area contributed by atoms with E-state index in [1.807, 2.05) is 18.8 Å². The van der Waals surface area contributed by atoms with Crippen molar-refractivity contribution in [3.8, 4) is 0 Å². The van der Waals surface area contributed by atoms with E-state index in [2.05, 4.69) is 34.4 Å². The smallest absolute Gasteiger partial charge is 0.220 e. The molecular weight excluding hydrogens is 435 g/mol. The summed E-state index contributed by atoms with van der Waals surface area (Å²) in [4.78, 5) is 18.6. The summed E-state index contributed by atoms with van der Waals surface area (Å²) in [7, 11) is 1.83. The number of thioether (sulfide) groups is 1. The Kier molecular flexibility index (Phi) is 9.77. The molecule has 2 fully saturated rings. The number of aliphatic imine (C=N–C) groups is 1. The summed E-state index contributed by atoms with van der Waals surface area (Å²) in [5.74, 6) is 2.89. The van der Waals surface area contributed by atoms with Crippen molar-refractivity contribution in [2.24, 2.45) is 10.9 Å². The molecule has 1 amide bonds. The van der Waals surface area contributed by atoms with E-state index in [0.717, 1.165) is 31.3 Å². The molecule has 1 saturated carbocycles. The van der Waals surface area contributed by atoms with Gasteiger partial charge in [-0.25, -0.2) is 0 Å². The number of hydrogen-bond acceptors (Lipinski definition) is 3. The van der Waals surface area contributed by atoms with Gasteiger partial charge in [0, 0.05) is 50.1 Å². The van der Waals surface area contributed by atoms with Gasteiger partial charge in [0.05, 0.1) is 0 Å². The summed E-state index contributed by atoms with van der Waals surface area (Å²) in [5, 5.41) is 6.41. The van der Waals surface area contributed by atoms with Crippen LogP contribution in [0.25, 0.3) is 0 Å². The van der Waals surface area contributed by atoms with E-state index < -0.39 is 0 Å². The highest BCUT2D eigenvalue weighted by Crippen LogP contribution is 2.29. The van der Waals surface area contributed by atoms with Crippen LogP contribution in [0.3, 0.4) is 0 Å².